The van der Waals surface area contributed by atoms with Gasteiger partial charge in [-0.05, 0) is 12.1 Å². The van der Waals surface area contributed by atoms with E-state index >= 15 is 0 Å². The Hall–Kier alpha value is -1.69. The van der Waals surface area contributed by atoms with E-state index in [1.54, 1.807) is 0 Å². The number of amides is 1. The van der Waals surface area contributed by atoms with Gasteiger partial charge in [0.1, 0.15) is 23.8 Å². The van der Waals surface area contributed by atoms with E-state index in [9.17, 15) is 18.7 Å². The molecule has 1 amide bonds. The molecular weight excluding hydrogens is 244 g/mol. The van der Waals surface area contributed by atoms with E-state index in [0.29, 0.717) is 0 Å². The van der Waals surface area contributed by atoms with Crippen molar-refractivity contribution in [3.8, 4) is 5.75 Å². The number of β-amino-alcohol motifs (C(OH)–C–C–N with tert-alkyl or cyclic N) is 1. The first-order valence-corrected chi connectivity index (χ1v) is 5.54. The topological polar surface area (TPSA) is 49.8 Å². The monoisotopic (exact) mass is 257 g/mol. The van der Waals surface area contributed by atoms with Crippen LogP contribution in [0.3, 0.4) is 0 Å². The van der Waals surface area contributed by atoms with Crippen molar-refractivity contribution in [2.24, 2.45) is 0 Å². The molecule has 1 aliphatic rings. The first-order chi connectivity index (χ1) is 8.56. The molecule has 2 rings (SSSR count). The fourth-order valence-electron chi connectivity index (χ4n) is 1.74. The predicted octanol–water partition coefficient (Wildman–Crippen LogP) is 0.746. The molecule has 1 saturated heterocycles. The third-order valence-corrected chi connectivity index (χ3v) is 2.73. The molecule has 98 valence electrons. The van der Waals surface area contributed by atoms with E-state index in [2.05, 4.69) is 0 Å². The highest BCUT2D eigenvalue weighted by Crippen LogP contribution is 2.15. The molecular formula is C12H13F2NO3. The first-order valence-electron chi connectivity index (χ1n) is 5.54. The summed E-state index contributed by atoms with van der Waals surface area (Å²) in [5, 5.41) is 9.18. The second-order valence-corrected chi connectivity index (χ2v) is 4.13. The lowest BCUT2D eigenvalue weighted by molar-refractivity contribution is -0.132. The summed E-state index contributed by atoms with van der Waals surface area (Å²) >= 11 is 0. The van der Waals surface area contributed by atoms with E-state index < -0.39 is 24.0 Å². The van der Waals surface area contributed by atoms with Crippen molar-refractivity contribution in [2.75, 3.05) is 19.7 Å². The number of nitrogens with zero attached hydrogens (tertiary/aromatic N) is 1. The Kier molecular flexibility index (Phi) is 3.76. The Bertz CT molecular complexity index is 431. The number of hydrogen-bond acceptors (Lipinski definition) is 3. The van der Waals surface area contributed by atoms with Crippen molar-refractivity contribution in [1.29, 1.82) is 0 Å². The number of aliphatic hydroxyl groups is 1. The summed E-state index contributed by atoms with van der Waals surface area (Å²) in [6, 6.07) is 5.41. The molecule has 1 aromatic rings. The molecule has 0 unspecified atom stereocenters. The van der Waals surface area contributed by atoms with Crippen LogP contribution in [0.4, 0.5) is 8.78 Å². The average Bonchev–Trinajstić information content (AvgIpc) is 2.67. The van der Waals surface area contributed by atoms with Crippen LogP contribution in [0.1, 0.15) is 0 Å². The number of ether oxygens (including phenoxy) is 1. The molecule has 1 aromatic carbocycles. The Morgan fingerprint density at radius 3 is 2.89 bits per heavy atom. The molecule has 1 fully saturated rings. The minimum atomic E-state index is -1.41. The second kappa shape index (κ2) is 5.30. The number of halogens is 2. The normalized spacial score (nSPS) is 23.2. The van der Waals surface area contributed by atoms with Crippen LogP contribution in [-0.2, 0) is 4.79 Å². The highest BCUT2D eigenvalue weighted by molar-refractivity contribution is 5.78. The zero-order valence-electron chi connectivity index (χ0n) is 9.55. The second-order valence-electron chi connectivity index (χ2n) is 4.13. The molecule has 1 aliphatic heterocycles. The van der Waals surface area contributed by atoms with Crippen molar-refractivity contribution in [1.82, 2.24) is 4.90 Å². The minimum Gasteiger partial charge on any atom is -0.484 e. The SMILES string of the molecule is O=C(COc1cccc(F)c1)N1C[C@@H](O)[C@H](F)C1. The fourth-order valence-corrected chi connectivity index (χ4v) is 1.74. The maximum atomic E-state index is 13.0. The van der Waals surface area contributed by atoms with Gasteiger partial charge in [-0.25, -0.2) is 8.78 Å². The third-order valence-electron chi connectivity index (χ3n) is 2.73. The van der Waals surface area contributed by atoms with Gasteiger partial charge in [0, 0.05) is 12.6 Å². The van der Waals surface area contributed by atoms with Crippen molar-refractivity contribution < 1.29 is 23.4 Å². The van der Waals surface area contributed by atoms with E-state index in [1.807, 2.05) is 0 Å². The highest BCUT2D eigenvalue weighted by atomic mass is 19.1. The van der Waals surface area contributed by atoms with Crippen molar-refractivity contribution in [2.45, 2.75) is 12.3 Å². The summed E-state index contributed by atoms with van der Waals surface area (Å²) in [6.07, 6.45) is -2.55. The van der Waals surface area contributed by atoms with Crippen LogP contribution in [0, 0.1) is 5.82 Å². The molecule has 1 N–H and O–H groups in total. The highest BCUT2D eigenvalue weighted by Gasteiger charge is 2.33. The predicted molar refractivity (Wildman–Crippen MR) is 59.4 cm³/mol. The summed E-state index contributed by atoms with van der Waals surface area (Å²) in [4.78, 5) is 12.8. The maximum Gasteiger partial charge on any atom is 0.260 e. The number of rotatable bonds is 3. The summed E-state index contributed by atoms with van der Waals surface area (Å²) in [5.41, 5.74) is 0. The van der Waals surface area contributed by atoms with Gasteiger partial charge in [0.15, 0.2) is 6.61 Å². The van der Waals surface area contributed by atoms with E-state index in [4.69, 9.17) is 4.74 Å². The molecule has 4 nitrogen and oxygen atoms in total. The summed E-state index contributed by atoms with van der Waals surface area (Å²) in [5.74, 6) is -0.654. The number of hydrogen-bond donors (Lipinski definition) is 1. The molecule has 0 radical (unpaired) electrons. The molecule has 0 aliphatic carbocycles. The summed E-state index contributed by atoms with van der Waals surface area (Å²) in [7, 11) is 0. The fraction of sp³-hybridized carbons (Fsp3) is 0.417. The molecule has 2 atom stereocenters. The quantitative estimate of drug-likeness (QED) is 0.869. The number of benzene rings is 1. The lowest BCUT2D eigenvalue weighted by Crippen LogP contribution is -2.33. The number of carbonyl (C=O) groups excluding carboxylic acids is 1. The van der Waals surface area contributed by atoms with E-state index in [1.165, 1.54) is 23.1 Å². The lowest BCUT2D eigenvalue weighted by Gasteiger charge is -2.15. The van der Waals surface area contributed by atoms with Crippen LogP contribution in [0.25, 0.3) is 0 Å². The van der Waals surface area contributed by atoms with E-state index in [0.717, 1.165) is 6.07 Å². The van der Waals surface area contributed by atoms with Crippen molar-refractivity contribution in [3.05, 3.63) is 30.1 Å². The number of carbonyl (C=O) groups is 1. The standard InChI is InChI=1S/C12H13F2NO3/c13-8-2-1-3-9(4-8)18-7-12(17)15-5-10(14)11(16)6-15/h1-4,10-11,16H,5-7H2/t10-,11-/m1/s1. The molecule has 6 heteroatoms. The van der Waals surface area contributed by atoms with E-state index in [-0.39, 0.29) is 25.4 Å². The Balaban J connectivity index is 1.85. The Morgan fingerprint density at radius 2 is 2.28 bits per heavy atom. The van der Waals surface area contributed by atoms with Gasteiger partial charge < -0.3 is 14.7 Å². The van der Waals surface area contributed by atoms with Gasteiger partial charge in [-0.3, -0.25) is 4.79 Å². The van der Waals surface area contributed by atoms with Gasteiger partial charge in [-0.2, -0.15) is 0 Å². The van der Waals surface area contributed by atoms with Crippen LogP contribution in [0.15, 0.2) is 24.3 Å². The first kappa shape index (κ1) is 12.8. The van der Waals surface area contributed by atoms with Gasteiger partial charge in [0.05, 0.1) is 6.54 Å². The zero-order valence-corrected chi connectivity index (χ0v) is 9.55. The number of alkyl halides is 1. The average molecular weight is 257 g/mol. The zero-order chi connectivity index (χ0) is 13.1. The number of likely N-dealkylation sites (tertiary alicyclic amines) is 1. The number of aliphatic hydroxyl groups excluding tert-OH is 1. The molecule has 1 heterocycles. The Labute approximate surface area is 103 Å². The minimum absolute atomic E-state index is 0.0352. The van der Waals surface area contributed by atoms with Crippen molar-refractivity contribution >= 4 is 5.91 Å². The van der Waals surface area contributed by atoms with Gasteiger partial charge in [0.2, 0.25) is 0 Å². The van der Waals surface area contributed by atoms with Crippen LogP contribution >= 0.6 is 0 Å². The molecule has 0 bridgehead atoms. The van der Waals surface area contributed by atoms with Gasteiger partial charge in [-0.15, -0.1) is 0 Å². The molecule has 0 aromatic heterocycles. The van der Waals surface area contributed by atoms with Crippen LogP contribution in [0.2, 0.25) is 0 Å². The third kappa shape index (κ3) is 2.95. The summed E-state index contributed by atoms with van der Waals surface area (Å²) in [6.45, 7) is -0.470. The Morgan fingerprint density at radius 1 is 1.50 bits per heavy atom. The van der Waals surface area contributed by atoms with Gasteiger partial charge >= 0.3 is 0 Å². The molecule has 0 saturated carbocycles. The van der Waals surface area contributed by atoms with Gasteiger partial charge in [-0.1, -0.05) is 6.07 Å². The van der Waals surface area contributed by atoms with Crippen LogP contribution in [0.5, 0.6) is 5.75 Å². The maximum absolute atomic E-state index is 13.0. The van der Waals surface area contributed by atoms with Crippen molar-refractivity contribution in [3.63, 3.8) is 0 Å². The van der Waals surface area contributed by atoms with Gasteiger partial charge in [0.25, 0.3) is 5.91 Å². The summed E-state index contributed by atoms with van der Waals surface area (Å²) < 4.78 is 30.9. The van der Waals surface area contributed by atoms with Crippen LogP contribution < -0.4 is 4.74 Å². The van der Waals surface area contributed by atoms with Crippen LogP contribution in [-0.4, -0.2) is 47.9 Å². The lowest BCUT2D eigenvalue weighted by atomic mass is 10.3. The molecule has 0 spiro atoms. The largest absolute Gasteiger partial charge is 0.484 e. The molecule has 18 heavy (non-hydrogen) atoms. The smallest absolute Gasteiger partial charge is 0.260 e.